The number of ether oxygens (including phenoxy) is 2. The van der Waals surface area contributed by atoms with Crippen LogP contribution in [0.4, 0.5) is 4.79 Å². The fourth-order valence-corrected chi connectivity index (χ4v) is 2.09. The average Bonchev–Trinajstić information content (AvgIpc) is 2.46. The van der Waals surface area contributed by atoms with Gasteiger partial charge in [0, 0.05) is 33.4 Å². The number of hydrogen-bond acceptors (Lipinski definition) is 4. The Bertz CT molecular complexity index is 311. The van der Waals surface area contributed by atoms with Gasteiger partial charge < -0.3 is 24.8 Å². The largest absolute Gasteiger partial charge is 0.481 e. The number of carbonyl (C=O) groups is 2. The number of nitrogens with one attached hydrogen (secondary N) is 1. The van der Waals surface area contributed by atoms with Crippen LogP contribution in [-0.2, 0) is 14.3 Å². The predicted octanol–water partition coefficient (Wildman–Crippen LogP) is 0.546. The van der Waals surface area contributed by atoms with Crippen LogP contribution in [0.3, 0.4) is 0 Å². The van der Waals surface area contributed by atoms with E-state index in [4.69, 9.17) is 14.6 Å². The normalized spacial score (nSPS) is 18.9. The molecule has 20 heavy (non-hydrogen) atoms. The molecule has 1 saturated heterocycles. The van der Waals surface area contributed by atoms with Crippen LogP contribution in [0.15, 0.2) is 0 Å². The molecule has 1 fully saturated rings. The van der Waals surface area contributed by atoms with Crippen molar-refractivity contribution in [3.8, 4) is 0 Å². The van der Waals surface area contributed by atoms with Crippen molar-refractivity contribution in [3.63, 3.8) is 0 Å². The van der Waals surface area contributed by atoms with E-state index in [1.54, 1.807) is 12.0 Å². The van der Waals surface area contributed by atoms with Crippen LogP contribution in [0.2, 0.25) is 0 Å². The van der Waals surface area contributed by atoms with E-state index in [2.05, 4.69) is 5.32 Å². The highest BCUT2D eigenvalue weighted by atomic mass is 16.5. The minimum absolute atomic E-state index is 0.187. The third-order valence-electron chi connectivity index (χ3n) is 3.23. The number of amides is 2. The number of nitrogens with zero attached hydrogens (tertiary/aromatic N) is 1. The predicted molar refractivity (Wildman–Crippen MR) is 72.6 cm³/mol. The van der Waals surface area contributed by atoms with Crippen LogP contribution >= 0.6 is 0 Å². The van der Waals surface area contributed by atoms with Gasteiger partial charge in [-0.2, -0.15) is 0 Å². The molecule has 2 N–H and O–H groups in total. The summed E-state index contributed by atoms with van der Waals surface area (Å²) in [6, 6.07) is -0.187. The van der Waals surface area contributed by atoms with Crippen LogP contribution in [-0.4, -0.2) is 68.6 Å². The molecule has 1 atom stereocenters. The van der Waals surface area contributed by atoms with Crippen molar-refractivity contribution >= 4 is 12.0 Å². The van der Waals surface area contributed by atoms with Gasteiger partial charge in [-0.15, -0.1) is 0 Å². The molecule has 1 unspecified atom stereocenters. The lowest BCUT2D eigenvalue weighted by Gasteiger charge is -2.30. The van der Waals surface area contributed by atoms with Crippen LogP contribution in [0.5, 0.6) is 0 Å². The number of methoxy groups -OCH3 is 1. The van der Waals surface area contributed by atoms with Gasteiger partial charge in [0.1, 0.15) is 0 Å². The first-order valence-electron chi connectivity index (χ1n) is 6.97. The summed E-state index contributed by atoms with van der Waals surface area (Å²) in [5, 5.41) is 11.8. The number of aliphatic carboxylic acids is 1. The molecule has 0 aromatic heterocycles. The zero-order chi connectivity index (χ0) is 14.8. The molecule has 1 rings (SSSR count). The van der Waals surface area contributed by atoms with Crippen molar-refractivity contribution in [1.82, 2.24) is 10.2 Å². The lowest BCUT2D eigenvalue weighted by atomic mass is 9.99. The molecule has 0 aliphatic carbocycles. The molecule has 0 radical (unpaired) electrons. The van der Waals surface area contributed by atoms with Gasteiger partial charge in [-0.3, -0.25) is 4.79 Å². The standard InChI is InChI=1S/C13H24N2O5/c1-19-8-9-20-7-3-5-14-13(18)15-6-2-4-11(10-15)12(16)17/h11H,2-10H2,1H3,(H,14,18)(H,16,17). The van der Waals surface area contributed by atoms with Crippen LogP contribution < -0.4 is 5.32 Å². The first-order valence-corrected chi connectivity index (χ1v) is 6.97. The van der Waals surface area contributed by atoms with E-state index >= 15 is 0 Å². The van der Waals surface area contributed by atoms with Crippen molar-refractivity contribution in [2.24, 2.45) is 5.92 Å². The Morgan fingerprint density at radius 3 is 2.85 bits per heavy atom. The van der Waals surface area contributed by atoms with Crippen molar-refractivity contribution in [2.75, 3.05) is 46.6 Å². The maximum Gasteiger partial charge on any atom is 0.317 e. The average molecular weight is 288 g/mol. The number of likely N-dealkylation sites (tertiary alicyclic amines) is 1. The quantitative estimate of drug-likeness (QED) is 0.637. The van der Waals surface area contributed by atoms with Gasteiger partial charge in [0.05, 0.1) is 19.1 Å². The fraction of sp³-hybridized carbons (Fsp3) is 0.846. The molecule has 0 aromatic carbocycles. The molecular weight excluding hydrogens is 264 g/mol. The summed E-state index contributed by atoms with van der Waals surface area (Å²) in [4.78, 5) is 24.4. The van der Waals surface area contributed by atoms with E-state index in [9.17, 15) is 9.59 Å². The molecule has 0 aromatic rings. The Labute approximate surface area is 119 Å². The number of carboxylic acid groups (broad SMARTS) is 1. The second-order valence-corrected chi connectivity index (χ2v) is 4.81. The number of urea groups is 1. The van der Waals surface area contributed by atoms with Gasteiger partial charge in [0.25, 0.3) is 0 Å². The summed E-state index contributed by atoms with van der Waals surface area (Å²) < 4.78 is 10.1. The van der Waals surface area contributed by atoms with E-state index in [0.29, 0.717) is 45.9 Å². The van der Waals surface area contributed by atoms with E-state index in [1.165, 1.54) is 0 Å². The zero-order valence-corrected chi connectivity index (χ0v) is 12.0. The monoisotopic (exact) mass is 288 g/mol. The Morgan fingerprint density at radius 1 is 1.35 bits per heavy atom. The number of rotatable bonds is 8. The molecule has 0 saturated carbocycles. The molecule has 1 aliphatic heterocycles. The van der Waals surface area contributed by atoms with E-state index in [-0.39, 0.29) is 6.03 Å². The molecule has 7 heteroatoms. The molecular formula is C13H24N2O5. The first kappa shape index (κ1) is 16.7. The Balaban J connectivity index is 2.11. The topological polar surface area (TPSA) is 88.1 Å². The van der Waals surface area contributed by atoms with Gasteiger partial charge in [0.15, 0.2) is 0 Å². The second kappa shape index (κ2) is 9.55. The summed E-state index contributed by atoms with van der Waals surface area (Å²) >= 11 is 0. The SMILES string of the molecule is COCCOCCCNC(=O)N1CCCC(C(=O)O)C1. The van der Waals surface area contributed by atoms with Crippen LogP contribution in [0.25, 0.3) is 0 Å². The molecule has 116 valence electrons. The van der Waals surface area contributed by atoms with Gasteiger partial charge in [-0.05, 0) is 19.3 Å². The Kier molecular flexibility index (Phi) is 7.98. The number of carboxylic acids is 1. The maximum atomic E-state index is 11.9. The smallest absolute Gasteiger partial charge is 0.317 e. The molecule has 7 nitrogen and oxygen atoms in total. The summed E-state index contributed by atoms with van der Waals surface area (Å²) in [7, 11) is 1.62. The Hall–Kier alpha value is -1.34. The van der Waals surface area contributed by atoms with E-state index < -0.39 is 11.9 Å². The zero-order valence-electron chi connectivity index (χ0n) is 12.0. The highest BCUT2D eigenvalue weighted by Crippen LogP contribution is 2.16. The molecule has 0 spiro atoms. The van der Waals surface area contributed by atoms with Crippen LogP contribution in [0.1, 0.15) is 19.3 Å². The lowest BCUT2D eigenvalue weighted by Crippen LogP contribution is -2.47. The highest BCUT2D eigenvalue weighted by molar-refractivity contribution is 5.76. The Morgan fingerprint density at radius 2 is 2.15 bits per heavy atom. The van der Waals surface area contributed by atoms with Crippen molar-refractivity contribution in [1.29, 1.82) is 0 Å². The van der Waals surface area contributed by atoms with Crippen LogP contribution in [0, 0.1) is 5.92 Å². The maximum absolute atomic E-state index is 11.9. The highest BCUT2D eigenvalue weighted by Gasteiger charge is 2.27. The molecule has 1 heterocycles. The number of piperidine rings is 1. The van der Waals surface area contributed by atoms with Crippen molar-refractivity contribution in [2.45, 2.75) is 19.3 Å². The van der Waals surface area contributed by atoms with Gasteiger partial charge in [-0.1, -0.05) is 0 Å². The third-order valence-corrected chi connectivity index (χ3v) is 3.23. The van der Waals surface area contributed by atoms with Gasteiger partial charge >= 0.3 is 12.0 Å². The third kappa shape index (κ3) is 6.21. The van der Waals surface area contributed by atoms with Gasteiger partial charge in [-0.25, -0.2) is 4.79 Å². The van der Waals surface area contributed by atoms with Crippen molar-refractivity contribution < 1.29 is 24.2 Å². The first-order chi connectivity index (χ1) is 9.65. The van der Waals surface area contributed by atoms with E-state index in [1.807, 2.05) is 0 Å². The number of hydrogen-bond donors (Lipinski definition) is 2. The summed E-state index contributed by atoms with van der Waals surface area (Å²) in [5.74, 6) is -1.26. The number of carbonyl (C=O) groups excluding carboxylic acids is 1. The molecule has 2 amide bonds. The minimum Gasteiger partial charge on any atom is -0.481 e. The summed E-state index contributed by atoms with van der Waals surface area (Å²) in [6.45, 7) is 3.14. The summed E-state index contributed by atoms with van der Waals surface area (Å²) in [6.07, 6.45) is 2.11. The van der Waals surface area contributed by atoms with Crippen molar-refractivity contribution in [3.05, 3.63) is 0 Å². The molecule has 1 aliphatic rings. The van der Waals surface area contributed by atoms with E-state index in [0.717, 1.165) is 12.8 Å². The summed E-state index contributed by atoms with van der Waals surface area (Å²) in [5.41, 5.74) is 0. The lowest BCUT2D eigenvalue weighted by molar-refractivity contribution is -0.143. The van der Waals surface area contributed by atoms with Gasteiger partial charge in [0.2, 0.25) is 0 Å². The fourth-order valence-electron chi connectivity index (χ4n) is 2.09. The minimum atomic E-state index is -0.825. The second-order valence-electron chi connectivity index (χ2n) is 4.81. The molecule has 0 bridgehead atoms.